The summed E-state index contributed by atoms with van der Waals surface area (Å²) in [5.41, 5.74) is 3.60. The lowest BCUT2D eigenvalue weighted by molar-refractivity contribution is 0.0376. The number of rotatable bonds is 14. The number of hydrogen-bond donors (Lipinski definition) is 0. The van der Waals surface area contributed by atoms with Gasteiger partial charge < -0.3 is 4.74 Å². The van der Waals surface area contributed by atoms with Crippen molar-refractivity contribution in [3.05, 3.63) is 53.1 Å². The summed E-state index contributed by atoms with van der Waals surface area (Å²) < 4.78 is 35.0. The van der Waals surface area contributed by atoms with Gasteiger partial charge in [-0.2, -0.15) is 4.31 Å². The van der Waals surface area contributed by atoms with Gasteiger partial charge in [-0.3, -0.25) is 14.6 Å². The van der Waals surface area contributed by atoms with Crippen LogP contribution in [0.25, 0.3) is 10.2 Å². The number of carbonyl (C=O) groups is 1. The maximum Gasteiger partial charge on any atom is 0.260 e. The van der Waals surface area contributed by atoms with Crippen molar-refractivity contribution in [2.45, 2.75) is 64.7 Å². The second-order valence-corrected chi connectivity index (χ2v) is 13.7. The molecule has 1 saturated heterocycles. The Morgan fingerprint density at radius 1 is 0.927 bits per heavy atom. The largest absolute Gasteiger partial charge is 0.379 e. The Morgan fingerprint density at radius 3 is 2.17 bits per heavy atom. The predicted octanol–water partition coefficient (Wildman–Crippen LogP) is 5.87. The second-order valence-electron chi connectivity index (χ2n) is 10.8. The topological polar surface area (TPSA) is 83.1 Å². The molecule has 0 aliphatic carbocycles. The zero-order chi connectivity index (χ0) is 29.4. The molecule has 41 heavy (non-hydrogen) atoms. The van der Waals surface area contributed by atoms with Gasteiger partial charge in [-0.05, 0) is 68.5 Å². The van der Waals surface area contributed by atoms with Gasteiger partial charge in [-0.25, -0.2) is 13.4 Å². The van der Waals surface area contributed by atoms with E-state index in [-0.39, 0.29) is 10.8 Å². The lowest BCUT2D eigenvalue weighted by Gasteiger charge is -2.27. The highest BCUT2D eigenvalue weighted by Crippen LogP contribution is 2.34. The number of hydrogen-bond acceptors (Lipinski definition) is 7. The van der Waals surface area contributed by atoms with Crippen molar-refractivity contribution in [2.75, 3.05) is 57.4 Å². The minimum Gasteiger partial charge on any atom is -0.379 e. The van der Waals surface area contributed by atoms with E-state index in [4.69, 9.17) is 9.72 Å². The Bertz CT molecular complexity index is 1350. The third kappa shape index (κ3) is 7.73. The number of aromatic nitrogens is 1. The van der Waals surface area contributed by atoms with Crippen LogP contribution in [0.3, 0.4) is 0 Å². The minimum absolute atomic E-state index is 0.167. The first-order valence-corrected chi connectivity index (χ1v) is 17.1. The van der Waals surface area contributed by atoms with Gasteiger partial charge in [0.1, 0.15) is 0 Å². The fraction of sp³-hybridized carbons (Fsp3) is 0.548. The van der Waals surface area contributed by atoms with Crippen LogP contribution in [0.2, 0.25) is 0 Å². The number of amides is 1. The molecule has 1 aliphatic heterocycles. The van der Waals surface area contributed by atoms with E-state index in [9.17, 15) is 13.2 Å². The lowest BCUT2D eigenvalue weighted by atomic mass is 10.1. The first-order chi connectivity index (χ1) is 19.8. The van der Waals surface area contributed by atoms with Crippen molar-refractivity contribution in [3.63, 3.8) is 0 Å². The molecular formula is C31H44N4O4S2. The van der Waals surface area contributed by atoms with Crippen LogP contribution in [-0.2, 0) is 14.8 Å². The molecule has 0 unspecified atom stereocenters. The minimum atomic E-state index is -3.63. The summed E-state index contributed by atoms with van der Waals surface area (Å²) in [7, 11) is -3.63. The molecule has 1 amide bonds. The van der Waals surface area contributed by atoms with E-state index in [1.807, 2.05) is 6.92 Å². The molecule has 2 aromatic carbocycles. The first-order valence-electron chi connectivity index (χ1n) is 14.8. The van der Waals surface area contributed by atoms with E-state index in [1.165, 1.54) is 11.3 Å². The van der Waals surface area contributed by atoms with Crippen molar-refractivity contribution in [3.8, 4) is 0 Å². The van der Waals surface area contributed by atoms with Crippen molar-refractivity contribution in [1.82, 2.24) is 14.2 Å². The van der Waals surface area contributed by atoms with E-state index in [0.29, 0.717) is 30.3 Å². The van der Waals surface area contributed by atoms with E-state index in [1.54, 1.807) is 33.5 Å². The Hall–Kier alpha value is -2.37. The molecule has 1 aliphatic rings. The molecule has 224 valence electrons. The molecule has 8 nitrogen and oxygen atoms in total. The average molecular weight is 601 g/mol. The molecule has 1 fully saturated rings. The van der Waals surface area contributed by atoms with Crippen molar-refractivity contribution >= 4 is 42.6 Å². The summed E-state index contributed by atoms with van der Waals surface area (Å²) >= 11 is 1.54. The van der Waals surface area contributed by atoms with Crippen LogP contribution in [0, 0.1) is 13.8 Å². The average Bonchev–Trinajstić information content (AvgIpc) is 3.44. The monoisotopic (exact) mass is 600 g/mol. The fourth-order valence-electron chi connectivity index (χ4n) is 5.02. The first kappa shape index (κ1) is 31.6. The number of fused-ring (bicyclic) bond motifs is 1. The van der Waals surface area contributed by atoms with Gasteiger partial charge >= 0.3 is 0 Å². The third-order valence-electron chi connectivity index (χ3n) is 7.63. The number of anilines is 1. The molecule has 0 N–H and O–H groups in total. The van der Waals surface area contributed by atoms with Gasteiger partial charge in [0, 0.05) is 44.8 Å². The molecule has 10 heteroatoms. The van der Waals surface area contributed by atoms with E-state index < -0.39 is 10.0 Å². The third-order valence-corrected chi connectivity index (χ3v) is 10.8. The van der Waals surface area contributed by atoms with Crippen LogP contribution in [0.1, 0.15) is 67.4 Å². The van der Waals surface area contributed by atoms with E-state index >= 15 is 0 Å². The molecule has 0 atom stereocenters. The zero-order valence-electron chi connectivity index (χ0n) is 24.9. The Labute approximate surface area is 249 Å². The summed E-state index contributed by atoms with van der Waals surface area (Å²) in [6.07, 6.45) is 4.30. The van der Waals surface area contributed by atoms with Gasteiger partial charge in [0.15, 0.2) is 5.13 Å². The van der Waals surface area contributed by atoms with Gasteiger partial charge in [0.25, 0.3) is 5.91 Å². The zero-order valence-corrected chi connectivity index (χ0v) is 26.5. The van der Waals surface area contributed by atoms with Crippen LogP contribution >= 0.6 is 11.3 Å². The molecule has 0 saturated carbocycles. The van der Waals surface area contributed by atoms with Crippen LogP contribution < -0.4 is 4.90 Å². The van der Waals surface area contributed by atoms with Crippen molar-refractivity contribution in [1.29, 1.82) is 0 Å². The number of unbranched alkanes of at least 4 members (excludes halogenated alkanes) is 2. The Morgan fingerprint density at radius 2 is 1.56 bits per heavy atom. The summed E-state index contributed by atoms with van der Waals surface area (Å²) in [6.45, 7) is 13.9. The molecule has 0 spiro atoms. The summed E-state index contributed by atoms with van der Waals surface area (Å²) in [6, 6.07) is 10.6. The van der Waals surface area contributed by atoms with Gasteiger partial charge in [-0.1, -0.05) is 50.2 Å². The summed E-state index contributed by atoms with van der Waals surface area (Å²) in [5.74, 6) is -0.167. The highest BCUT2D eigenvalue weighted by atomic mass is 32.2. The Balaban J connectivity index is 1.59. The number of nitrogens with zero attached hydrogens (tertiary/aromatic N) is 4. The molecule has 0 radical (unpaired) electrons. The number of carbonyl (C=O) groups excluding carboxylic acids is 1. The highest BCUT2D eigenvalue weighted by Gasteiger charge is 2.26. The highest BCUT2D eigenvalue weighted by molar-refractivity contribution is 7.89. The molecule has 4 rings (SSSR count). The molecular weight excluding hydrogens is 556 g/mol. The van der Waals surface area contributed by atoms with Gasteiger partial charge in [-0.15, -0.1) is 0 Å². The molecule has 0 bridgehead atoms. The number of benzene rings is 2. The maximum atomic E-state index is 14.0. The SMILES string of the molecule is CCCCN(CCCC)S(=O)(=O)c1ccc(C(=O)N(CCCN2CCOCC2)c2nc3c(C)ccc(C)c3s2)cc1. The lowest BCUT2D eigenvalue weighted by Crippen LogP contribution is -2.39. The van der Waals surface area contributed by atoms with Crippen molar-refractivity contribution < 1.29 is 17.9 Å². The Kier molecular flexibility index (Phi) is 11.3. The van der Waals surface area contributed by atoms with Gasteiger partial charge in [0.2, 0.25) is 10.0 Å². The quantitative estimate of drug-likeness (QED) is 0.230. The maximum absolute atomic E-state index is 14.0. The van der Waals surface area contributed by atoms with Crippen molar-refractivity contribution in [2.24, 2.45) is 0 Å². The smallest absolute Gasteiger partial charge is 0.260 e. The van der Waals surface area contributed by atoms with Crippen LogP contribution in [0.5, 0.6) is 0 Å². The normalized spacial score (nSPS) is 14.7. The second kappa shape index (κ2) is 14.7. The number of sulfonamides is 1. The van der Waals surface area contributed by atoms with Crippen LogP contribution in [-0.4, -0.2) is 81.0 Å². The van der Waals surface area contributed by atoms with Crippen LogP contribution in [0.15, 0.2) is 41.3 Å². The van der Waals surface area contributed by atoms with Gasteiger partial charge in [0.05, 0.1) is 28.3 Å². The van der Waals surface area contributed by atoms with E-state index in [2.05, 4.69) is 37.8 Å². The number of aryl methyl sites for hydroxylation is 2. The molecule has 1 aromatic heterocycles. The summed E-state index contributed by atoms with van der Waals surface area (Å²) in [5, 5.41) is 0.673. The number of thiazole rings is 1. The van der Waals surface area contributed by atoms with Crippen LogP contribution in [0.4, 0.5) is 5.13 Å². The number of ether oxygens (including phenoxy) is 1. The standard InChI is InChI=1S/C31H44N4O4S2/c1-5-7-17-34(18-8-6-2)41(37,38)27-14-12-26(13-15-27)30(36)35(19-9-16-33-20-22-39-23-21-33)31-32-28-24(3)10-11-25(4)29(28)40-31/h10-15H,5-9,16-23H2,1-4H3. The summed E-state index contributed by atoms with van der Waals surface area (Å²) in [4.78, 5) is 23.2. The fourth-order valence-corrected chi connectivity index (χ4v) is 7.67. The molecule has 3 aromatic rings. The van der Waals surface area contributed by atoms with E-state index in [0.717, 1.165) is 86.3 Å². The number of morpholine rings is 1. The predicted molar refractivity (Wildman–Crippen MR) is 168 cm³/mol. The molecule has 2 heterocycles.